The molecule has 7 nitrogen and oxygen atoms in total. The Hall–Kier alpha value is -2.09. The smallest absolute Gasteiger partial charge is 0.287 e. The summed E-state index contributed by atoms with van der Waals surface area (Å²) in [6, 6.07) is 2.86. The number of rotatable bonds is 5. The number of aromatic nitrogens is 2. The van der Waals surface area contributed by atoms with E-state index in [1.807, 2.05) is 0 Å². The van der Waals surface area contributed by atoms with Gasteiger partial charge in [0.15, 0.2) is 10.4 Å². The number of furan rings is 1. The number of hydrogen-bond acceptors (Lipinski definition) is 4. The van der Waals surface area contributed by atoms with Gasteiger partial charge in [-0.25, -0.2) is 4.98 Å². The van der Waals surface area contributed by atoms with Crippen LogP contribution < -0.4 is 10.6 Å². The van der Waals surface area contributed by atoms with Gasteiger partial charge in [-0.05, 0) is 35.0 Å². The van der Waals surface area contributed by atoms with Crippen molar-refractivity contribution in [2.45, 2.75) is 13.0 Å². The van der Waals surface area contributed by atoms with Crippen molar-refractivity contribution in [2.24, 2.45) is 0 Å². The van der Waals surface area contributed by atoms with Crippen LogP contribution in [0, 0.1) is 0 Å². The molecule has 0 aliphatic rings. The Morgan fingerprint density at radius 1 is 1.50 bits per heavy atom. The van der Waals surface area contributed by atoms with Crippen LogP contribution in [-0.2, 0) is 4.79 Å². The van der Waals surface area contributed by atoms with Gasteiger partial charge in [0.25, 0.3) is 5.91 Å². The molecule has 2 rings (SSSR count). The van der Waals surface area contributed by atoms with Gasteiger partial charge in [0.05, 0.1) is 12.6 Å². The zero-order valence-electron chi connectivity index (χ0n) is 10.6. The SMILES string of the molecule is CC(NC(=O)CNC(=O)c1ccc(Br)o1)c1ncc[nH]1. The van der Waals surface area contributed by atoms with Crippen LogP contribution >= 0.6 is 15.9 Å². The summed E-state index contributed by atoms with van der Waals surface area (Å²) < 4.78 is 5.53. The lowest BCUT2D eigenvalue weighted by Crippen LogP contribution is -2.38. The van der Waals surface area contributed by atoms with E-state index >= 15 is 0 Å². The first kappa shape index (κ1) is 14.3. The Morgan fingerprint density at radius 2 is 2.30 bits per heavy atom. The molecule has 0 bridgehead atoms. The average molecular weight is 341 g/mol. The van der Waals surface area contributed by atoms with Crippen molar-refractivity contribution >= 4 is 27.7 Å². The topological polar surface area (TPSA) is 100 Å². The fraction of sp³-hybridized carbons (Fsp3) is 0.250. The van der Waals surface area contributed by atoms with Gasteiger partial charge >= 0.3 is 0 Å². The van der Waals surface area contributed by atoms with E-state index in [9.17, 15) is 9.59 Å². The highest BCUT2D eigenvalue weighted by molar-refractivity contribution is 9.10. The number of carbonyl (C=O) groups is 2. The largest absolute Gasteiger partial charge is 0.444 e. The first-order valence-corrected chi connectivity index (χ1v) is 6.67. The Balaban J connectivity index is 1.79. The normalized spacial score (nSPS) is 11.9. The maximum absolute atomic E-state index is 11.7. The van der Waals surface area contributed by atoms with Crippen LogP contribution in [0.1, 0.15) is 29.3 Å². The van der Waals surface area contributed by atoms with E-state index in [1.54, 1.807) is 25.4 Å². The summed E-state index contributed by atoms with van der Waals surface area (Å²) >= 11 is 3.10. The summed E-state index contributed by atoms with van der Waals surface area (Å²) in [6.07, 6.45) is 3.28. The Bertz CT molecular complexity index is 594. The molecule has 3 N–H and O–H groups in total. The number of nitrogens with one attached hydrogen (secondary N) is 3. The molecule has 0 aliphatic carbocycles. The van der Waals surface area contributed by atoms with Crippen molar-refractivity contribution in [1.29, 1.82) is 0 Å². The Morgan fingerprint density at radius 3 is 2.90 bits per heavy atom. The standard InChI is InChI=1S/C12H13BrN4O3/c1-7(11-14-4-5-15-11)17-10(18)6-16-12(19)8-2-3-9(13)20-8/h2-5,7H,6H2,1H3,(H,14,15)(H,16,19)(H,17,18). The van der Waals surface area contributed by atoms with Crippen LogP contribution in [-0.4, -0.2) is 28.3 Å². The van der Waals surface area contributed by atoms with E-state index in [1.165, 1.54) is 6.07 Å². The molecule has 8 heteroatoms. The van der Waals surface area contributed by atoms with Gasteiger partial charge in [0.1, 0.15) is 5.82 Å². The molecule has 1 unspecified atom stereocenters. The lowest BCUT2D eigenvalue weighted by Gasteiger charge is -2.11. The molecule has 2 aromatic rings. The molecule has 1 atom stereocenters. The van der Waals surface area contributed by atoms with Crippen LogP contribution in [0.4, 0.5) is 0 Å². The van der Waals surface area contributed by atoms with Crippen LogP contribution in [0.15, 0.2) is 33.6 Å². The van der Waals surface area contributed by atoms with Crippen molar-refractivity contribution in [2.75, 3.05) is 6.54 Å². The van der Waals surface area contributed by atoms with Gasteiger partial charge in [-0.1, -0.05) is 0 Å². The third-order valence-corrected chi connectivity index (χ3v) is 2.94. The molecule has 0 aromatic carbocycles. The van der Waals surface area contributed by atoms with E-state index < -0.39 is 5.91 Å². The molecule has 106 valence electrons. The second-order valence-corrected chi connectivity index (χ2v) is 4.83. The van der Waals surface area contributed by atoms with Gasteiger partial charge in [-0.3, -0.25) is 9.59 Å². The van der Waals surface area contributed by atoms with Crippen LogP contribution in [0.25, 0.3) is 0 Å². The summed E-state index contributed by atoms with van der Waals surface area (Å²) in [7, 11) is 0. The third-order valence-electron chi connectivity index (χ3n) is 2.51. The summed E-state index contributed by atoms with van der Waals surface area (Å²) in [6.45, 7) is 1.66. The van der Waals surface area contributed by atoms with Crippen molar-refractivity contribution in [3.8, 4) is 0 Å². The fourth-order valence-corrected chi connectivity index (χ4v) is 1.87. The van der Waals surface area contributed by atoms with Crippen molar-refractivity contribution in [3.05, 3.63) is 40.8 Å². The Labute approximate surface area is 123 Å². The average Bonchev–Trinajstić information content (AvgIpc) is 3.06. The van der Waals surface area contributed by atoms with Gasteiger partial charge in [-0.15, -0.1) is 0 Å². The first-order chi connectivity index (χ1) is 9.56. The zero-order valence-corrected chi connectivity index (χ0v) is 12.2. The monoisotopic (exact) mass is 340 g/mol. The van der Waals surface area contributed by atoms with Crippen LogP contribution in [0.3, 0.4) is 0 Å². The number of hydrogen-bond donors (Lipinski definition) is 3. The van der Waals surface area contributed by atoms with E-state index in [-0.39, 0.29) is 24.3 Å². The van der Waals surface area contributed by atoms with Crippen molar-refractivity contribution < 1.29 is 14.0 Å². The summed E-state index contributed by atoms with van der Waals surface area (Å²) in [5.74, 6) is 0.0350. The molecule has 0 spiro atoms. The molecule has 2 amide bonds. The third kappa shape index (κ3) is 3.70. The summed E-state index contributed by atoms with van der Waals surface area (Å²) in [5, 5.41) is 5.17. The minimum atomic E-state index is -0.448. The highest BCUT2D eigenvalue weighted by atomic mass is 79.9. The minimum absolute atomic E-state index is 0.137. The van der Waals surface area contributed by atoms with Crippen molar-refractivity contribution in [3.63, 3.8) is 0 Å². The van der Waals surface area contributed by atoms with Gasteiger partial charge < -0.3 is 20.0 Å². The van der Waals surface area contributed by atoms with Crippen LogP contribution in [0.5, 0.6) is 0 Å². The molecule has 2 aromatic heterocycles. The summed E-state index contributed by atoms with van der Waals surface area (Å²) in [4.78, 5) is 30.3. The van der Waals surface area contributed by atoms with Gasteiger partial charge in [0, 0.05) is 12.4 Å². The molecule has 0 saturated carbocycles. The number of aromatic amines is 1. The Kier molecular flexibility index (Phi) is 4.57. The maximum Gasteiger partial charge on any atom is 0.287 e. The molecule has 20 heavy (non-hydrogen) atoms. The summed E-state index contributed by atoms with van der Waals surface area (Å²) in [5.41, 5.74) is 0. The molecule has 0 radical (unpaired) electrons. The number of imidazole rings is 1. The first-order valence-electron chi connectivity index (χ1n) is 5.88. The molecule has 0 aliphatic heterocycles. The van der Waals surface area contributed by atoms with E-state index in [2.05, 4.69) is 36.5 Å². The van der Waals surface area contributed by atoms with E-state index in [0.29, 0.717) is 10.5 Å². The highest BCUT2D eigenvalue weighted by Gasteiger charge is 2.14. The number of nitrogens with zero attached hydrogens (tertiary/aromatic N) is 1. The zero-order chi connectivity index (χ0) is 14.5. The second kappa shape index (κ2) is 6.38. The lowest BCUT2D eigenvalue weighted by molar-refractivity contribution is -0.120. The second-order valence-electron chi connectivity index (χ2n) is 4.05. The number of carbonyl (C=O) groups excluding carboxylic acids is 2. The predicted octanol–water partition coefficient (Wildman–Crippen LogP) is 1.37. The van der Waals surface area contributed by atoms with Crippen molar-refractivity contribution in [1.82, 2.24) is 20.6 Å². The number of halogens is 1. The van der Waals surface area contributed by atoms with E-state index in [0.717, 1.165) is 0 Å². The molecular formula is C12H13BrN4O3. The van der Waals surface area contributed by atoms with E-state index in [4.69, 9.17) is 4.42 Å². The molecule has 0 fully saturated rings. The van der Waals surface area contributed by atoms with Gasteiger partial charge in [-0.2, -0.15) is 0 Å². The van der Waals surface area contributed by atoms with Gasteiger partial charge in [0.2, 0.25) is 5.91 Å². The number of H-pyrrole nitrogens is 1. The quantitative estimate of drug-likeness (QED) is 0.765. The van der Waals surface area contributed by atoms with Crippen LogP contribution in [0.2, 0.25) is 0 Å². The fourth-order valence-electron chi connectivity index (χ4n) is 1.56. The lowest BCUT2D eigenvalue weighted by atomic mass is 10.3. The number of amides is 2. The molecule has 2 heterocycles. The maximum atomic E-state index is 11.7. The minimum Gasteiger partial charge on any atom is -0.444 e. The highest BCUT2D eigenvalue weighted by Crippen LogP contribution is 2.13. The predicted molar refractivity (Wildman–Crippen MR) is 73.9 cm³/mol. The molecule has 0 saturated heterocycles. The molecular weight excluding hydrogens is 328 g/mol.